The fourth-order valence-electron chi connectivity index (χ4n) is 3.38. The van der Waals surface area contributed by atoms with Crippen molar-refractivity contribution in [2.24, 2.45) is 0 Å². The lowest BCUT2D eigenvalue weighted by Crippen LogP contribution is -2.20. The van der Waals surface area contributed by atoms with E-state index in [1.807, 2.05) is 24.4 Å². The Labute approximate surface area is 140 Å². The Bertz CT molecular complexity index is 840. The summed E-state index contributed by atoms with van der Waals surface area (Å²) in [6.07, 6.45) is 4.14. The molecule has 2 N–H and O–H groups in total. The standard InChI is InChI=1S/C20H21FN2O/c1-24-15-5-2-13(3-6-15)8-9-22-20-11-17(20)18-12-23-19-7-4-14(21)10-16(18)19/h2-7,10,12,17,20,22-23H,8-9,11H2,1H3/t17-,20+/m0/s1. The van der Waals surface area contributed by atoms with Gasteiger partial charge >= 0.3 is 0 Å². The van der Waals surface area contributed by atoms with Gasteiger partial charge in [0.05, 0.1) is 7.11 Å². The number of hydrogen-bond donors (Lipinski definition) is 2. The average molecular weight is 324 g/mol. The van der Waals surface area contributed by atoms with Gasteiger partial charge in [0.1, 0.15) is 11.6 Å². The molecule has 0 spiro atoms. The molecule has 0 bridgehead atoms. The van der Waals surface area contributed by atoms with Crippen LogP contribution in [-0.2, 0) is 6.42 Å². The maximum Gasteiger partial charge on any atom is 0.123 e. The first-order chi connectivity index (χ1) is 11.7. The average Bonchev–Trinajstić information content (AvgIpc) is 3.25. The number of halogens is 1. The monoisotopic (exact) mass is 324 g/mol. The summed E-state index contributed by atoms with van der Waals surface area (Å²) < 4.78 is 18.7. The van der Waals surface area contributed by atoms with Crippen molar-refractivity contribution in [2.45, 2.75) is 24.8 Å². The van der Waals surface area contributed by atoms with Gasteiger partial charge in [0.2, 0.25) is 0 Å². The lowest BCUT2D eigenvalue weighted by molar-refractivity contribution is 0.414. The molecule has 1 aliphatic carbocycles. The molecule has 1 aliphatic rings. The maximum atomic E-state index is 13.5. The van der Waals surface area contributed by atoms with Crippen LogP contribution in [-0.4, -0.2) is 24.7 Å². The predicted octanol–water partition coefficient (Wildman–Crippen LogP) is 4.00. The minimum Gasteiger partial charge on any atom is -0.497 e. The highest BCUT2D eigenvalue weighted by atomic mass is 19.1. The Morgan fingerprint density at radius 3 is 2.83 bits per heavy atom. The van der Waals surface area contributed by atoms with Crippen LogP contribution in [0.4, 0.5) is 4.39 Å². The molecule has 1 aromatic heterocycles. The van der Waals surface area contributed by atoms with Gasteiger partial charge in [0.25, 0.3) is 0 Å². The largest absolute Gasteiger partial charge is 0.497 e. The molecule has 1 saturated carbocycles. The van der Waals surface area contributed by atoms with Gasteiger partial charge in [-0.1, -0.05) is 12.1 Å². The molecule has 124 valence electrons. The molecule has 24 heavy (non-hydrogen) atoms. The van der Waals surface area contributed by atoms with E-state index in [9.17, 15) is 4.39 Å². The van der Waals surface area contributed by atoms with E-state index in [2.05, 4.69) is 22.4 Å². The Hall–Kier alpha value is -2.33. The van der Waals surface area contributed by atoms with Gasteiger partial charge in [-0.2, -0.15) is 0 Å². The van der Waals surface area contributed by atoms with Crippen molar-refractivity contribution in [1.29, 1.82) is 0 Å². The van der Waals surface area contributed by atoms with E-state index in [-0.39, 0.29) is 5.82 Å². The Balaban J connectivity index is 1.33. The fraction of sp³-hybridized carbons (Fsp3) is 0.300. The summed E-state index contributed by atoms with van der Waals surface area (Å²) in [6, 6.07) is 13.6. The molecule has 2 atom stereocenters. The fourth-order valence-corrected chi connectivity index (χ4v) is 3.38. The predicted molar refractivity (Wildman–Crippen MR) is 94.1 cm³/mol. The number of nitrogens with one attached hydrogen (secondary N) is 2. The van der Waals surface area contributed by atoms with Crippen LogP contribution in [0.25, 0.3) is 10.9 Å². The van der Waals surface area contributed by atoms with Crippen LogP contribution in [0, 0.1) is 5.82 Å². The number of hydrogen-bond acceptors (Lipinski definition) is 2. The van der Waals surface area contributed by atoms with Gasteiger partial charge in [-0.25, -0.2) is 4.39 Å². The van der Waals surface area contributed by atoms with Crippen molar-refractivity contribution in [3.8, 4) is 5.75 Å². The minimum absolute atomic E-state index is 0.173. The molecular weight excluding hydrogens is 303 g/mol. The Morgan fingerprint density at radius 1 is 1.21 bits per heavy atom. The van der Waals surface area contributed by atoms with Gasteiger partial charge in [-0.3, -0.25) is 0 Å². The van der Waals surface area contributed by atoms with Crippen LogP contribution in [0.15, 0.2) is 48.7 Å². The van der Waals surface area contributed by atoms with Crippen molar-refractivity contribution < 1.29 is 9.13 Å². The SMILES string of the molecule is COc1ccc(CCN[C@@H]2C[C@H]2c2c[nH]c3ccc(F)cc23)cc1. The third kappa shape index (κ3) is 3.02. The molecule has 0 unspecified atom stereocenters. The van der Waals surface area contributed by atoms with Crippen LogP contribution in [0.2, 0.25) is 0 Å². The number of H-pyrrole nitrogens is 1. The third-order valence-electron chi connectivity index (χ3n) is 4.84. The Kier molecular flexibility index (Phi) is 3.98. The van der Waals surface area contributed by atoms with E-state index in [4.69, 9.17) is 4.74 Å². The van der Waals surface area contributed by atoms with Crippen molar-refractivity contribution in [3.63, 3.8) is 0 Å². The van der Waals surface area contributed by atoms with Gasteiger partial charge in [-0.05, 0) is 60.8 Å². The van der Waals surface area contributed by atoms with E-state index < -0.39 is 0 Å². The summed E-state index contributed by atoms with van der Waals surface area (Å²) in [4.78, 5) is 3.24. The first-order valence-corrected chi connectivity index (χ1v) is 8.37. The lowest BCUT2D eigenvalue weighted by Gasteiger charge is -2.06. The number of fused-ring (bicyclic) bond motifs is 1. The number of aromatic nitrogens is 1. The number of methoxy groups -OCH3 is 1. The maximum absolute atomic E-state index is 13.5. The summed E-state index contributed by atoms with van der Waals surface area (Å²) in [7, 11) is 1.68. The molecule has 0 radical (unpaired) electrons. The van der Waals surface area contributed by atoms with Crippen LogP contribution in [0.1, 0.15) is 23.5 Å². The van der Waals surface area contributed by atoms with Crippen molar-refractivity contribution >= 4 is 10.9 Å². The molecule has 2 aromatic carbocycles. The van der Waals surface area contributed by atoms with Crippen LogP contribution >= 0.6 is 0 Å². The second-order valence-electron chi connectivity index (χ2n) is 6.43. The first-order valence-electron chi connectivity index (χ1n) is 8.37. The molecule has 1 fully saturated rings. The van der Waals surface area contributed by atoms with Crippen LogP contribution in [0.5, 0.6) is 5.75 Å². The molecule has 4 heteroatoms. The highest BCUT2D eigenvalue weighted by Gasteiger charge is 2.39. The molecule has 3 aromatic rings. The van der Waals surface area contributed by atoms with E-state index in [1.165, 1.54) is 17.2 Å². The number of benzene rings is 2. The van der Waals surface area contributed by atoms with E-state index in [1.54, 1.807) is 13.2 Å². The van der Waals surface area contributed by atoms with Gasteiger partial charge in [-0.15, -0.1) is 0 Å². The van der Waals surface area contributed by atoms with Gasteiger partial charge in [0, 0.05) is 29.1 Å². The van der Waals surface area contributed by atoms with Crippen molar-refractivity contribution in [1.82, 2.24) is 10.3 Å². The topological polar surface area (TPSA) is 37.0 Å². The highest BCUT2D eigenvalue weighted by molar-refractivity contribution is 5.84. The second-order valence-corrected chi connectivity index (χ2v) is 6.43. The number of aromatic amines is 1. The first kappa shape index (κ1) is 15.2. The van der Waals surface area contributed by atoms with Crippen molar-refractivity contribution in [2.75, 3.05) is 13.7 Å². The molecule has 0 amide bonds. The molecule has 1 heterocycles. The Morgan fingerprint density at radius 2 is 2.04 bits per heavy atom. The zero-order valence-corrected chi connectivity index (χ0v) is 13.7. The lowest BCUT2D eigenvalue weighted by atomic mass is 10.1. The normalized spacial score (nSPS) is 19.6. The molecule has 0 aliphatic heterocycles. The highest BCUT2D eigenvalue weighted by Crippen LogP contribution is 2.43. The van der Waals surface area contributed by atoms with E-state index >= 15 is 0 Å². The summed E-state index contributed by atoms with van der Waals surface area (Å²) in [5.41, 5.74) is 3.54. The summed E-state index contributed by atoms with van der Waals surface area (Å²) in [5.74, 6) is 1.20. The van der Waals surface area contributed by atoms with E-state index in [0.717, 1.165) is 36.0 Å². The van der Waals surface area contributed by atoms with Crippen LogP contribution in [0.3, 0.4) is 0 Å². The molecule has 3 nitrogen and oxygen atoms in total. The molecular formula is C20H21FN2O. The van der Waals surface area contributed by atoms with E-state index in [0.29, 0.717) is 12.0 Å². The summed E-state index contributed by atoms with van der Waals surface area (Å²) in [5, 5.41) is 4.63. The summed E-state index contributed by atoms with van der Waals surface area (Å²) >= 11 is 0. The number of ether oxygens (including phenoxy) is 1. The minimum atomic E-state index is -0.173. The smallest absolute Gasteiger partial charge is 0.123 e. The third-order valence-corrected chi connectivity index (χ3v) is 4.84. The zero-order chi connectivity index (χ0) is 16.5. The zero-order valence-electron chi connectivity index (χ0n) is 13.7. The number of rotatable bonds is 6. The quantitative estimate of drug-likeness (QED) is 0.719. The summed E-state index contributed by atoms with van der Waals surface area (Å²) in [6.45, 7) is 0.949. The second kappa shape index (κ2) is 6.29. The van der Waals surface area contributed by atoms with Gasteiger partial charge in [0.15, 0.2) is 0 Å². The van der Waals surface area contributed by atoms with Crippen molar-refractivity contribution in [3.05, 3.63) is 65.6 Å². The molecule has 4 rings (SSSR count). The molecule has 0 saturated heterocycles. The van der Waals surface area contributed by atoms with Crippen LogP contribution < -0.4 is 10.1 Å². The van der Waals surface area contributed by atoms with Gasteiger partial charge < -0.3 is 15.0 Å².